The molecule has 0 spiro atoms. The summed E-state index contributed by atoms with van der Waals surface area (Å²) in [6.07, 6.45) is -0.651. The number of nitrogens with one attached hydrogen (secondary N) is 1. The molecule has 6 heteroatoms. The second-order valence-electron chi connectivity index (χ2n) is 5.30. The molecule has 0 bridgehead atoms. The predicted molar refractivity (Wildman–Crippen MR) is 75.2 cm³/mol. The van der Waals surface area contributed by atoms with E-state index in [9.17, 15) is 14.3 Å². The van der Waals surface area contributed by atoms with Crippen LogP contribution in [0.1, 0.15) is 24.5 Å². The van der Waals surface area contributed by atoms with Crippen molar-refractivity contribution in [3.8, 4) is 11.8 Å². The SMILES string of the molecule is CC(=O)N1C[C@H](F)C[C@@H](NCc2ccc(O)c(C#N)c2)C1. The maximum absolute atomic E-state index is 13.6. The minimum Gasteiger partial charge on any atom is -0.507 e. The highest BCUT2D eigenvalue weighted by Gasteiger charge is 2.28. The van der Waals surface area contributed by atoms with Crippen LogP contribution in [0.5, 0.6) is 5.75 Å². The Bertz CT molecular complexity index is 571. The molecule has 1 amide bonds. The van der Waals surface area contributed by atoms with Gasteiger partial charge in [-0.3, -0.25) is 4.79 Å². The molecule has 0 aromatic heterocycles. The molecular weight excluding hydrogens is 273 g/mol. The Kier molecular flexibility index (Phi) is 4.76. The van der Waals surface area contributed by atoms with Crippen LogP contribution in [-0.2, 0) is 11.3 Å². The summed E-state index contributed by atoms with van der Waals surface area (Å²) >= 11 is 0. The van der Waals surface area contributed by atoms with Gasteiger partial charge in [0.25, 0.3) is 0 Å². The number of carbonyl (C=O) groups excluding carboxylic acids is 1. The number of benzene rings is 1. The number of nitrogens with zero attached hydrogens (tertiary/aromatic N) is 2. The molecule has 21 heavy (non-hydrogen) atoms. The van der Waals surface area contributed by atoms with Crippen LogP contribution in [0, 0.1) is 11.3 Å². The molecule has 1 heterocycles. The van der Waals surface area contributed by atoms with E-state index in [0.717, 1.165) is 5.56 Å². The zero-order valence-corrected chi connectivity index (χ0v) is 11.8. The maximum atomic E-state index is 13.6. The normalized spacial score (nSPS) is 21.9. The van der Waals surface area contributed by atoms with E-state index in [1.807, 2.05) is 6.07 Å². The van der Waals surface area contributed by atoms with Gasteiger partial charge in [-0.2, -0.15) is 5.26 Å². The summed E-state index contributed by atoms with van der Waals surface area (Å²) in [5.41, 5.74) is 1.05. The standard InChI is InChI=1S/C15H18FN3O2/c1-10(20)19-8-13(16)5-14(9-19)18-7-11-2-3-15(21)12(4-11)6-17/h2-4,13-14,18,21H,5,7-9H2,1H3/t13-,14-/m1/s1. The van der Waals surface area contributed by atoms with Crippen LogP contribution >= 0.6 is 0 Å². The average Bonchev–Trinajstić information content (AvgIpc) is 2.45. The Morgan fingerprint density at radius 3 is 3.00 bits per heavy atom. The molecule has 0 radical (unpaired) electrons. The van der Waals surface area contributed by atoms with Crippen molar-refractivity contribution in [1.82, 2.24) is 10.2 Å². The zero-order valence-electron chi connectivity index (χ0n) is 11.8. The van der Waals surface area contributed by atoms with Gasteiger partial charge in [-0.15, -0.1) is 0 Å². The van der Waals surface area contributed by atoms with Gasteiger partial charge in [0, 0.05) is 26.1 Å². The predicted octanol–water partition coefficient (Wildman–Crippen LogP) is 1.31. The number of aromatic hydroxyl groups is 1. The Balaban J connectivity index is 1.96. The van der Waals surface area contributed by atoms with Crippen molar-refractivity contribution in [3.05, 3.63) is 29.3 Å². The number of piperidine rings is 1. The van der Waals surface area contributed by atoms with Crippen molar-refractivity contribution < 1.29 is 14.3 Å². The van der Waals surface area contributed by atoms with Gasteiger partial charge in [-0.05, 0) is 24.1 Å². The van der Waals surface area contributed by atoms with E-state index in [-0.39, 0.29) is 29.8 Å². The van der Waals surface area contributed by atoms with Gasteiger partial charge >= 0.3 is 0 Å². The van der Waals surface area contributed by atoms with Gasteiger partial charge in [-0.25, -0.2) is 4.39 Å². The number of hydrogen-bond acceptors (Lipinski definition) is 4. The number of amides is 1. The van der Waals surface area contributed by atoms with Gasteiger partial charge in [0.2, 0.25) is 5.91 Å². The van der Waals surface area contributed by atoms with E-state index in [0.29, 0.717) is 19.5 Å². The maximum Gasteiger partial charge on any atom is 0.219 e. The average molecular weight is 291 g/mol. The van der Waals surface area contributed by atoms with Gasteiger partial charge in [0.15, 0.2) is 0 Å². The van der Waals surface area contributed by atoms with Crippen LogP contribution in [0.25, 0.3) is 0 Å². The Hall–Kier alpha value is -2.13. The molecule has 1 aliphatic heterocycles. The van der Waals surface area contributed by atoms with Gasteiger partial charge in [-0.1, -0.05) is 6.07 Å². The molecule has 112 valence electrons. The summed E-state index contributed by atoms with van der Waals surface area (Å²) in [5, 5.41) is 21.5. The summed E-state index contributed by atoms with van der Waals surface area (Å²) in [5.74, 6) is -0.175. The molecule has 2 rings (SSSR count). The summed E-state index contributed by atoms with van der Waals surface area (Å²) in [4.78, 5) is 12.9. The van der Waals surface area contributed by atoms with E-state index in [1.54, 1.807) is 12.1 Å². The summed E-state index contributed by atoms with van der Waals surface area (Å²) in [6.45, 7) is 2.54. The first kappa shape index (κ1) is 15.3. The number of hydrogen-bond donors (Lipinski definition) is 2. The summed E-state index contributed by atoms with van der Waals surface area (Å²) < 4.78 is 13.6. The van der Waals surface area contributed by atoms with Crippen molar-refractivity contribution in [1.29, 1.82) is 5.26 Å². The highest BCUT2D eigenvalue weighted by Crippen LogP contribution is 2.18. The number of carbonyl (C=O) groups is 1. The van der Waals surface area contributed by atoms with Crippen molar-refractivity contribution in [2.24, 2.45) is 0 Å². The lowest BCUT2D eigenvalue weighted by Crippen LogP contribution is -2.51. The van der Waals surface area contributed by atoms with Gasteiger partial charge in [0.05, 0.1) is 12.1 Å². The molecule has 1 aromatic carbocycles. The van der Waals surface area contributed by atoms with Crippen LogP contribution in [0.2, 0.25) is 0 Å². The van der Waals surface area contributed by atoms with Crippen LogP contribution < -0.4 is 5.32 Å². The number of alkyl halides is 1. The molecule has 0 aliphatic carbocycles. The fourth-order valence-corrected chi connectivity index (χ4v) is 2.49. The number of halogens is 1. The largest absolute Gasteiger partial charge is 0.507 e. The fraction of sp³-hybridized carbons (Fsp3) is 0.467. The number of rotatable bonds is 3. The number of likely N-dealkylation sites (tertiary alicyclic amines) is 1. The molecule has 2 atom stereocenters. The van der Waals surface area contributed by atoms with E-state index in [1.165, 1.54) is 17.9 Å². The third kappa shape index (κ3) is 3.92. The Morgan fingerprint density at radius 1 is 1.57 bits per heavy atom. The smallest absolute Gasteiger partial charge is 0.219 e. The zero-order chi connectivity index (χ0) is 15.4. The molecule has 1 aromatic rings. The lowest BCUT2D eigenvalue weighted by Gasteiger charge is -2.34. The first-order chi connectivity index (χ1) is 9.99. The van der Waals surface area contributed by atoms with E-state index < -0.39 is 6.17 Å². The van der Waals surface area contributed by atoms with Crippen LogP contribution in [0.4, 0.5) is 4.39 Å². The van der Waals surface area contributed by atoms with Crippen LogP contribution in [0.3, 0.4) is 0 Å². The molecule has 1 aliphatic rings. The number of nitriles is 1. The topological polar surface area (TPSA) is 76.4 Å². The minimum absolute atomic E-state index is 0.0505. The Morgan fingerprint density at radius 2 is 2.33 bits per heavy atom. The molecule has 0 unspecified atom stereocenters. The number of phenolic OH excluding ortho intramolecular Hbond substituents is 1. The first-order valence-corrected chi connectivity index (χ1v) is 6.84. The fourth-order valence-electron chi connectivity index (χ4n) is 2.49. The van der Waals surface area contributed by atoms with Gasteiger partial charge in [0.1, 0.15) is 18.0 Å². The van der Waals surface area contributed by atoms with E-state index in [2.05, 4.69) is 5.32 Å². The van der Waals surface area contributed by atoms with Crippen molar-refractivity contribution in [2.45, 2.75) is 32.1 Å². The highest BCUT2D eigenvalue weighted by atomic mass is 19.1. The third-order valence-electron chi connectivity index (χ3n) is 3.62. The quantitative estimate of drug-likeness (QED) is 0.880. The minimum atomic E-state index is -1.02. The third-order valence-corrected chi connectivity index (χ3v) is 3.62. The molecule has 2 N–H and O–H groups in total. The summed E-state index contributed by atoms with van der Waals surface area (Å²) in [6, 6.07) is 6.57. The highest BCUT2D eigenvalue weighted by molar-refractivity contribution is 5.73. The molecule has 5 nitrogen and oxygen atoms in total. The van der Waals surface area contributed by atoms with Crippen LogP contribution in [0.15, 0.2) is 18.2 Å². The Labute approximate surface area is 123 Å². The van der Waals surface area contributed by atoms with Gasteiger partial charge < -0.3 is 15.3 Å². The number of phenols is 1. The molecule has 1 fully saturated rings. The molecular formula is C15H18FN3O2. The second-order valence-corrected chi connectivity index (χ2v) is 5.30. The molecule has 1 saturated heterocycles. The molecule has 0 saturated carbocycles. The van der Waals surface area contributed by atoms with Crippen molar-refractivity contribution >= 4 is 5.91 Å². The van der Waals surface area contributed by atoms with Crippen molar-refractivity contribution in [2.75, 3.05) is 13.1 Å². The van der Waals surface area contributed by atoms with Crippen LogP contribution in [-0.4, -0.2) is 41.2 Å². The first-order valence-electron chi connectivity index (χ1n) is 6.84. The van der Waals surface area contributed by atoms with E-state index >= 15 is 0 Å². The summed E-state index contributed by atoms with van der Waals surface area (Å²) in [7, 11) is 0. The lowest BCUT2D eigenvalue weighted by molar-refractivity contribution is -0.131. The van der Waals surface area contributed by atoms with E-state index in [4.69, 9.17) is 5.26 Å². The monoisotopic (exact) mass is 291 g/mol. The lowest BCUT2D eigenvalue weighted by atomic mass is 10.0. The second kappa shape index (κ2) is 6.55. The van der Waals surface area contributed by atoms with Crippen molar-refractivity contribution in [3.63, 3.8) is 0 Å².